The van der Waals surface area contributed by atoms with Crippen molar-refractivity contribution in [2.45, 2.75) is 26.9 Å². The molecule has 0 aliphatic carbocycles. The van der Waals surface area contributed by atoms with Crippen molar-refractivity contribution in [2.75, 3.05) is 20.6 Å². The molecule has 0 atom stereocenters. The molecule has 0 saturated carbocycles. The van der Waals surface area contributed by atoms with Gasteiger partial charge in [0.05, 0.1) is 6.54 Å². The van der Waals surface area contributed by atoms with Crippen LogP contribution >= 0.6 is 0 Å². The van der Waals surface area contributed by atoms with Crippen molar-refractivity contribution in [1.82, 2.24) is 9.80 Å². The maximum Gasteiger partial charge on any atom is 0.131 e. The van der Waals surface area contributed by atoms with Gasteiger partial charge >= 0.3 is 0 Å². The van der Waals surface area contributed by atoms with Gasteiger partial charge in [-0.2, -0.15) is 0 Å². The molecule has 8 rings (SSSR count). The number of hydrogen-bond donors (Lipinski definition) is 0. The Kier molecular flexibility index (Phi) is 9.48. The summed E-state index contributed by atoms with van der Waals surface area (Å²) in [5.74, 6) is 0.979. The molecular formula is C50H45N3. The summed E-state index contributed by atoms with van der Waals surface area (Å²) < 4.78 is 0. The van der Waals surface area contributed by atoms with Crippen LogP contribution in [0.2, 0.25) is 0 Å². The molecule has 0 radical (unpaired) electrons. The minimum absolute atomic E-state index is 0.622. The number of nitrogens with zero attached hydrogens (tertiary/aromatic N) is 3. The topological polar surface area (TPSA) is 18.8 Å². The lowest BCUT2D eigenvalue weighted by molar-refractivity contribution is 0.499. The summed E-state index contributed by atoms with van der Waals surface area (Å²) in [6.07, 6.45) is 2.20. The van der Waals surface area contributed by atoms with Gasteiger partial charge in [0, 0.05) is 38.4 Å². The fraction of sp³-hybridized carbons (Fsp3) is 0.140. The van der Waals surface area contributed by atoms with Gasteiger partial charge in [-0.15, -0.1) is 0 Å². The van der Waals surface area contributed by atoms with Crippen LogP contribution in [0.5, 0.6) is 0 Å². The predicted octanol–water partition coefficient (Wildman–Crippen LogP) is 12.3. The van der Waals surface area contributed by atoms with Gasteiger partial charge in [0.25, 0.3) is 0 Å². The van der Waals surface area contributed by atoms with Gasteiger partial charge in [-0.05, 0) is 103 Å². The van der Waals surface area contributed by atoms with E-state index in [2.05, 4.69) is 202 Å². The number of hydrogen-bond acceptors (Lipinski definition) is 2. The highest BCUT2D eigenvalue weighted by molar-refractivity contribution is 6.25. The SMILES string of the molecule is C/C=C(/c1ccc(-c2cc(CN(C)C(=NCc3ccccc3)c3ccccc3)cc(-c3ccc4ccc5cccc6ccc3c4c56)c2)cc1)N(C)CC. The molecule has 0 heterocycles. The minimum atomic E-state index is 0.622. The normalized spacial score (nSPS) is 12.2. The first-order valence-corrected chi connectivity index (χ1v) is 18.6. The second-order valence-corrected chi connectivity index (χ2v) is 14.0. The third-order valence-corrected chi connectivity index (χ3v) is 10.6. The number of aliphatic imine (C=N–C) groups is 1. The minimum Gasteiger partial charge on any atom is -0.375 e. The molecule has 0 amide bonds. The summed E-state index contributed by atoms with van der Waals surface area (Å²) in [5, 5.41) is 7.81. The Hall–Kier alpha value is -6.19. The summed E-state index contributed by atoms with van der Waals surface area (Å²) in [7, 11) is 4.32. The summed E-state index contributed by atoms with van der Waals surface area (Å²) in [4.78, 5) is 9.79. The first-order valence-electron chi connectivity index (χ1n) is 18.6. The van der Waals surface area contributed by atoms with Crippen LogP contribution in [0, 0.1) is 0 Å². The lowest BCUT2D eigenvalue weighted by Crippen LogP contribution is -2.27. The highest BCUT2D eigenvalue weighted by Crippen LogP contribution is 2.40. The molecule has 8 aromatic carbocycles. The molecule has 0 aliphatic heterocycles. The van der Waals surface area contributed by atoms with Gasteiger partial charge in [0.2, 0.25) is 0 Å². The first kappa shape index (κ1) is 33.9. The van der Waals surface area contributed by atoms with Crippen molar-refractivity contribution in [3.8, 4) is 22.3 Å². The quantitative estimate of drug-likeness (QED) is 0.0809. The molecule has 0 aromatic heterocycles. The van der Waals surface area contributed by atoms with Crippen molar-refractivity contribution in [3.63, 3.8) is 0 Å². The monoisotopic (exact) mass is 687 g/mol. The van der Waals surface area contributed by atoms with E-state index >= 15 is 0 Å². The van der Waals surface area contributed by atoms with Crippen molar-refractivity contribution < 1.29 is 0 Å². The lowest BCUT2D eigenvalue weighted by Gasteiger charge is -2.23. The molecule has 0 spiro atoms. The van der Waals surface area contributed by atoms with E-state index in [0.29, 0.717) is 13.1 Å². The van der Waals surface area contributed by atoms with Crippen molar-refractivity contribution in [3.05, 3.63) is 186 Å². The smallest absolute Gasteiger partial charge is 0.131 e. The standard InChI is InChI=1S/C50H45N3/c1-5-47(52(3)6-2)38-22-20-37(21-23-38)43-30-36(34-53(4)50(42-16-11-8-12-17-42)51-33-35-14-9-7-10-15-35)31-44(32-43)45-28-26-41-25-24-39-18-13-19-40-27-29-46(45)49(41)48(39)40/h5,7-32H,6,33-34H2,1-4H3/b47-5-,51-50?. The van der Waals surface area contributed by atoms with Crippen LogP contribution in [0.25, 0.3) is 60.3 Å². The Morgan fingerprint density at radius 2 is 1.19 bits per heavy atom. The van der Waals surface area contributed by atoms with Crippen LogP contribution in [0.4, 0.5) is 0 Å². The van der Waals surface area contributed by atoms with E-state index in [0.717, 1.165) is 17.9 Å². The van der Waals surface area contributed by atoms with Gasteiger partial charge < -0.3 is 9.80 Å². The molecule has 0 fully saturated rings. The summed E-state index contributed by atoms with van der Waals surface area (Å²) in [6, 6.07) is 57.6. The second kappa shape index (κ2) is 14.8. The van der Waals surface area contributed by atoms with Crippen molar-refractivity contribution in [1.29, 1.82) is 0 Å². The zero-order chi connectivity index (χ0) is 36.3. The van der Waals surface area contributed by atoms with Gasteiger partial charge in [-0.3, -0.25) is 4.99 Å². The van der Waals surface area contributed by atoms with Crippen molar-refractivity contribution >= 4 is 43.9 Å². The number of amidine groups is 1. The fourth-order valence-corrected chi connectivity index (χ4v) is 7.82. The van der Waals surface area contributed by atoms with E-state index in [1.54, 1.807) is 0 Å². The molecule has 0 saturated heterocycles. The van der Waals surface area contributed by atoms with Crippen molar-refractivity contribution in [2.24, 2.45) is 4.99 Å². The van der Waals surface area contributed by atoms with Crippen LogP contribution in [0.15, 0.2) is 169 Å². The molecule has 0 N–H and O–H groups in total. The number of allylic oxidation sites excluding steroid dienone is 1. The van der Waals surface area contributed by atoms with Crippen LogP contribution in [0.3, 0.4) is 0 Å². The van der Waals surface area contributed by atoms with Gasteiger partial charge in [-0.1, -0.05) is 146 Å². The maximum absolute atomic E-state index is 5.20. The van der Waals surface area contributed by atoms with Gasteiger partial charge in [-0.25, -0.2) is 0 Å². The average Bonchev–Trinajstić information content (AvgIpc) is 3.21. The first-order chi connectivity index (χ1) is 26.0. The Morgan fingerprint density at radius 3 is 1.89 bits per heavy atom. The van der Waals surface area contributed by atoms with E-state index in [-0.39, 0.29) is 0 Å². The highest BCUT2D eigenvalue weighted by Gasteiger charge is 2.16. The van der Waals surface area contributed by atoms with Gasteiger partial charge in [0.1, 0.15) is 5.84 Å². The fourth-order valence-electron chi connectivity index (χ4n) is 7.82. The Bertz CT molecular complexity index is 2550. The molecular weight excluding hydrogens is 643 g/mol. The zero-order valence-corrected chi connectivity index (χ0v) is 31.1. The molecule has 0 bridgehead atoms. The molecule has 0 aliphatic rings. The molecule has 3 nitrogen and oxygen atoms in total. The lowest BCUT2D eigenvalue weighted by atomic mass is 9.88. The maximum atomic E-state index is 5.20. The highest BCUT2D eigenvalue weighted by atomic mass is 15.2. The van der Waals surface area contributed by atoms with E-state index in [1.807, 2.05) is 0 Å². The van der Waals surface area contributed by atoms with E-state index in [1.165, 1.54) is 77.0 Å². The van der Waals surface area contributed by atoms with Crippen LogP contribution in [-0.2, 0) is 13.1 Å². The summed E-state index contributed by atoms with van der Waals surface area (Å²) in [6.45, 7) is 6.59. The second-order valence-electron chi connectivity index (χ2n) is 14.0. The molecule has 260 valence electrons. The largest absolute Gasteiger partial charge is 0.375 e. The van der Waals surface area contributed by atoms with E-state index in [9.17, 15) is 0 Å². The zero-order valence-electron chi connectivity index (χ0n) is 31.1. The Labute approximate surface area is 313 Å². The van der Waals surface area contributed by atoms with E-state index < -0.39 is 0 Å². The average molecular weight is 688 g/mol. The third kappa shape index (κ3) is 6.79. The number of benzene rings is 8. The molecule has 53 heavy (non-hydrogen) atoms. The van der Waals surface area contributed by atoms with Crippen LogP contribution in [-0.4, -0.2) is 36.3 Å². The Morgan fingerprint density at radius 1 is 0.547 bits per heavy atom. The van der Waals surface area contributed by atoms with Crippen LogP contribution < -0.4 is 0 Å². The molecule has 0 unspecified atom stereocenters. The van der Waals surface area contributed by atoms with E-state index in [4.69, 9.17) is 4.99 Å². The molecule has 8 aromatic rings. The number of rotatable bonds is 10. The third-order valence-electron chi connectivity index (χ3n) is 10.6. The predicted molar refractivity (Wildman–Crippen MR) is 228 cm³/mol. The molecule has 3 heteroatoms. The summed E-state index contributed by atoms with van der Waals surface area (Å²) >= 11 is 0. The van der Waals surface area contributed by atoms with Crippen LogP contribution in [0.1, 0.15) is 36.1 Å². The summed E-state index contributed by atoms with van der Waals surface area (Å²) in [5.41, 5.74) is 10.9. The Balaban J connectivity index is 1.25. The van der Waals surface area contributed by atoms with Gasteiger partial charge in [0.15, 0.2) is 0 Å².